The zero-order valence-electron chi connectivity index (χ0n) is 17.9. The molecule has 0 saturated heterocycles. The lowest BCUT2D eigenvalue weighted by atomic mass is 9.98. The Balaban J connectivity index is 1.45. The number of carbonyl (C=O) groups is 2. The molecule has 0 fully saturated rings. The minimum absolute atomic E-state index is 0.0282. The summed E-state index contributed by atoms with van der Waals surface area (Å²) in [6.45, 7) is 0.0760. The van der Waals surface area contributed by atoms with Gasteiger partial charge < -0.3 is 9.84 Å². The van der Waals surface area contributed by atoms with Gasteiger partial charge in [0.1, 0.15) is 12.6 Å². The first kappa shape index (κ1) is 22.5. The molecule has 1 aliphatic carbocycles. The molecule has 170 valence electrons. The van der Waals surface area contributed by atoms with E-state index in [1.165, 1.54) is 31.3 Å². The van der Waals surface area contributed by atoms with Gasteiger partial charge in [-0.1, -0.05) is 72.8 Å². The maximum absolute atomic E-state index is 12.8. The van der Waals surface area contributed by atoms with Crippen molar-refractivity contribution in [2.45, 2.75) is 24.8 Å². The molecule has 0 saturated carbocycles. The Labute approximate surface area is 190 Å². The summed E-state index contributed by atoms with van der Waals surface area (Å²) >= 11 is 0. The van der Waals surface area contributed by atoms with Gasteiger partial charge in [-0.25, -0.2) is 18.4 Å². The summed E-state index contributed by atoms with van der Waals surface area (Å²) in [4.78, 5) is 25.6. The summed E-state index contributed by atoms with van der Waals surface area (Å²) in [6, 6.07) is 20.1. The number of fused-ring (bicyclic) bond motifs is 3. The smallest absolute Gasteiger partial charge is 0.410 e. The number of carboxylic acids is 1. The Morgan fingerprint density at radius 1 is 0.939 bits per heavy atom. The first-order valence-electron chi connectivity index (χ1n) is 10.5. The molecule has 7 heteroatoms. The van der Waals surface area contributed by atoms with Gasteiger partial charge in [-0.3, -0.25) is 4.90 Å². The van der Waals surface area contributed by atoms with Gasteiger partial charge in [-0.2, -0.15) is 0 Å². The van der Waals surface area contributed by atoms with Gasteiger partial charge in [-0.05, 0) is 27.8 Å². The number of carboxylic acid groups (broad SMARTS) is 1. The molecule has 0 radical (unpaired) electrons. The van der Waals surface area contributed by atoms with Crippen LogP contribution in [0.25, 0.3) is 11.1 Å². The highest BCUT2D eigenvalue weighted by atomic mass is 19.3. The largest absolute Gasteiger partial charge is 0.480 e. The van der Waals surface area contributed by atoms with Crippen molar-refractivity contribution >= 4 is 12.1 Å². The highest BCUT2D eigenvalue weighted by Gasteiger charge is 2.32. The third-order valence-corrected chi connectivity index (χ3v) is 6.04. The maximum Gasteiger partial charge on any atom is 0.410 e. The fourth-order valence-electron chi connectivity index (χ4n) is 4.24. The lowest BCUT2D eigenvalue weighted by molar-refractivity contribution is -0.142. The van der Waals surface area contributed by atoms with E-state index in [4.69, 9.17) is 4.74 Å². The maximum atomic E-state index is 12.8. The molecule has 4 rings (SSSR count). The van der Waals surface area contributed by atoms with Crippen LogP contribution in [0.4, 0.5) is 13.6 Å². The summed E-state index contributed by atoms with van der Waals surface area (Å²) in [5.74, 6) is -1.34. The number of ether oxygens (including phenoxy) is 1. The van der Waals surface area contributed by atoms with Crippen LogP contribution in [0.15, 0.2) is 72.8 Å². The molecule has 0 bridgehead atoms. The number of halogens is 2. The van der Waals surface area contributed by atoms with Crippen LogP contribution >= 0.6 is 0 Å². The highest BCUT2D eigenvalue weighted by molar-refractivity contribution is 5.81. The molecule has 3 aromatic rings. The molecular weight excluding hydrogens is 428 g/mol. The average molecular weight is 451 g/mol. The zero-order chi connectivity index (χ0) is 23.5. The van der Waals surface area contributed by atoms with E-state index in [0.29, 0.717) is 5.56 Å². The number of alkyl halides is 2. The SMILES string of the molecule is CN(C(=O)OCC1c2ccccc2-c2ccccc21)[C@@H](Cc1ccc(C(F)F)cc1)C(=O)O. The van der Waals surface area contributed by atoms with E-state index in [-0.39, 0.29) is 24.5 Å². The van der Waals surface area contributed by atoms with Gasteiger partial charge in [0.05, 0.1) is 0 Å². The minimum atomic E-state index is -2.60. The van der Waals surface area contributed by atoms with E-state index >= 15 is 0 Å². The van der Waals surface area contributed by atoms with Crippen molar-refractivity contribution < 1.29 is 28.2 Å². The topological polar surface area (TPSA) is 66.8 Å². The second kappa shape index (κ2) is 9.40. The number of amides is 1. The van der Waals surface area contributed by atoms with Crippen molar-refractivity contribution in [1.29, 1.82) is 0 Å². The fraction of sp³-hybridized carbons (Fsp3) is 0.231. The fourth-order valence-corrected chi connectivity index (χ4v) is 4.24. The molecule has 33 heavy (non-hydrogen) atoms. The molecule has 0 heterocycles. The quantitative estimate of drug-likeness (QED) is 0.515. The van der Waals surface area contributed by atoms with Gasteiger partial charge in [0.15, 0.2) is 0 Å². The molecule has 1 N–H and O–H groups in total. The van der Waals surface area contributed by atoms with Gasteiger partial charge >= 0.3 is 12.1 Å². The van der Waals surface area contributed by atoms with Gasteiger partial charge in [0.25, 0.3) is 6.43 Å². The number of benzene rings is 3. The van der Waals surface area contributed by atoms with E-state index in [2.05, 4.69) is 0 Å². The van der Waals surface area contributed by atoms with Crippen LogP contribution in [0, 0.1) is 0 Å². The summed E-state index contributed by atoms with van der Waals surface area (Å²) < 4.78 is 31.1. The Hall–Kier alpha value is -3.74. The van der Waals surface area contributed by atoms with Crippen molar-refractivity contribution in [2.75, 3.05) is 13.7 Å². The number of hydrogen-bond donors (Lipinski definition) is 1. The van der Waals surface area contributed by atoms with Crippen molar-refractivity contribution in [3.63, 3.8) is 0 Å². The van der Waals surface area contributed by atoms with E-state index in [9.17, 15) is 23.5 Å². The van der Waals surface area contributed by atoms with Crippen LogP contribution in [-0.4, -0.2) is 41.8 Å². The number of rotatable bonds is 7. The van der Waals surface area contributed by atoms with E-state index in [0.717, 1.165) is 27.2 Å². The molecule has 1 amide bonds. The predicted octanol–water partition coefficient (Wildman–Crippen LogP) is 5.50. The first-order chi connectivity index (χ1) is 15.9. The molecule has 0 spiro atoms. The number of aliphatic carboxylic acids is 1. The summed E-state index contributed by atoms with van der Waals surface area (Å²) in [5, 5.41) is 9.67. The number of likely N-dealkylation sites (N-methyl/N-ethyl adjacent to an activating group) is 1. The first-order valence-corrected chi connectivity index (χ1v) is 10.5. The lowest BCUT2D eigenvalue weighted by Gasteiger charge is -2.25. The monoisotopic (exact) mass is 451 g/mol. The normalized spacial score (nSPS) is 13.3. The lowest BCUT2D eigenvalue weighted by Crippen LogP contribution is -2.44. The van der Waals surface area contributed by atoms with Gasteiger partial charge in [0.2, 0.25) is 0 Å². The highest BCUT2D eigenvalue weighted by Crippen LogP contribution is 2.44. The standard InChI is InChI=1S/C26H23F2NO4/c1-29(23(25(30)31)14-16-10-12-17(13-11-16)24(27)28)26(32)33-15-22-20-8-4-2-6-18(20)19-7-3-5-9-21(19)22/h2-13,22-24H,14-15H2,1H3,(H,30,31)/t23-/m0/s1. The zero-order valence-corrected chi connectivity index (χ0v) is 17.9. The van der Waals surface area contributed by atoms with Crippen LogP contribution in [-0.2, 0) is 16.0 Å². The van der Waals surface area contributed by atoms with Crippen LogP contribution < -0.4 is 0 Å². The van der Waals surface area contributed by atoms with Gasteiger partial charge in [0, 0.05) is 24.9 Å². The van der Waals surface area contributed by atoms with E-state index in [1.54, 1.807) is 0 Å². The summed E-state index contributed by atoms with van der Waals surface area (Å²) in [5.41, 5.74) is 4.70. The number of nitrogens with zero attached hydrogens (tertiary/aromatic N) is 1. The van der Waals surface area contributed by atoms with Crippen LogP contribution in [0.3, 0.4) is 0 Å². The molecular formula is C26H23F2NO4. The molecule has 3 aromatic carbocycles. The second-order valence-corrected chi connectivity index (χ2v) is 8.02. The molecule has 0 unspecified atom stereocenters. The third kappa shape index (κ3) is 4.58. The Kier molecular flexibility index (Phi) is 6.40. The number of carbonyl (C=O) groups excluding carboxylic acids is 1. The number of hydrogen-bond acceptors (Lipinski definition) is 3. The van der Waals surface area contributed by atoms with Gasteiger partial charge in [-0.15, -0.1) is 0 Å². The van der Waals surface area contributed by atoms with Crippen molar-refractivity contribution in [1.82, 2.24) is 4.90 Å². The molecule has 0 aromatic heterocycles. The van der Waals surface area contributed by atoms with Crippen molar-refractivity contribution in [3.8, 4) is 11.1 Å². The Morgan fingerprint density at radius 2 is 1.48 bits per heavy atom. The molecule has 5 nitrogen and oxygen atoms in total. The average Bonchev–Trinajstić information content (AvgIpc) is 3.14. The third-order valence-electron chi connectivity index (χ3n) is 6.04. The Morgan fingerprint density at radius 3 is 2.00 bits per heavy atom. The molecule has 1 atom stereocenters. The van der Waals surface area contributed by atoms with E-state index in [1.807, 2.05) is 48.5 Å². The van der Waals surface area contributed by atoms with Crippen molar-refractivity contribution in [3.05, 3.63) is 95.1 Å². The Bertz CT molecular complexity index is 1120. The van der Waals surface area contributed by atoms with Crippen LogP contribution in [0.5, 0.6) is 0 Å². The predicted molar refractivity (Wildman–Crippen MR) is 119 cm³/mol. The second-order valence-electron chi connectivity index (χ2n) is 8.02. The van der Waals surface area contributed by atoms with E-state index < -0.39 is 24.5 Å². The summed E-state index contributed by atoms with van der Waals surface area (Å²) in [6.07, 6.45) is -3.38. The molecule has 1 aliphatic rings. The molecule has 0 aliphatic heterocycles. The van der Waals surface area contributed by atoms with Crippen LogP contribution in [0.1, 0.15) is 34.6 Å². The summed E-state index contributed by atoms with van der Waals surface area (Å²) in [7, 11) is 1.37. The van der Waals surface area contributed by atoms with Crippen molar-refractivity contribution in [2.24, 2.45) is 0 Å². The minimum Gasteiger partial charge on any atom is -0.480 e. The van der Waals surface area contributed by atoms with Crippen LogP contribution in [0.2, 0.25) is 0 Å².